The number of benzene rings is 2. The van der Waals surface area contributed by atoms with Crippen LogP contribution in [-0.4, -0.2) is 23.7 Å². The number of anilines is 2. The minimum atomic E-state index is -1.56. The van der Waals surface area contributed by atoms with Crippen LogP contribution >= 0.6 is 0 Å². The van der Waals surface area contributed by atoms with Crippen LogP contribution in [0.5, 0.6) is 11.5 Å². The number of methoxy groups -OCH3 is 1. The maximum atomic E-state index is 14.0. The average Bonchev–Trinajstić information content (AvgIpc) is 2.68. The summed E-state index contributed by atoms with van der Waals surface area (Å²) in [5.74, 6) is -3.04. The summed E-state index contributed by atoms with van der Waals surface area (Å²) in [4.78, 5) is 8.26. The van der Waals surface area contributed by atoms with Crippen LogP contribution in [0.4, 0.5) is 24.7 Å². The topological polar surface area (TPSA) is 56.3 Å². The Labute approximate surface area is 159 Å². The maximum Gasteiger partial charge on any atom is 0.196 e. The molecule has 1 heterocycles. The smallest absolute Gasteiger partial charge is 0.196 e. The molecule has 3 aromatic rings. The number of aromatic nitrogens is 2. The van der Waals surface area contributed by atoms with Crippen molar-refractivity contribution in [2.75, 3.05) is 19.0 Å². The van der Waals surface area contributed by atoms with Crippen LogP contribution in [0, 0.1) is 17.5 Å². The third-order valence-corrected chi connectivity index (χ3v) is 3.94. The molecule has 8 heteroatoms. The van der Waals surface area contributed by atoms with Gasteiger partial charge in [-0.1, -0.05) is 5.57 Å². The quantitative estimate of drug-likeness (QED) is 0.467. The van der Waals surface area contributed by atoms with Crippen molar-refractivity contribution in [3.8, 4) is 11.5 Å². The van der Waals surface area contributed by atoms with E-state index < -0.39 is 17.5 Å². The number of fused-ring (bicyclic) bond motifs is 1. The standard InChI is InChI=1S/C20H18F3N3O2/c1-11(2)6-7-28-17-8-12-15(9-16(17)27-3)24-10-25-20(12)26-14-5-4-13(21)18(22)19(14)23/h4-6,8-10H,7H2,1-3H3,(H,24,25,26). The van der Waals surface area contributed by atoms with E-state index in [0.717, 1.165) is 17.7 Å². The van der Waals surface area contributed by atoms with Gasteiger partial charge in [-0.2, -0.15) is 0 Å². The molecule has 5 nitrogen and oxygen atoms in total. The zero-order chi connectivity index (χ0) is 20.3. The monoisotopic (exact) mass is 389 g/mol. The van der Waals surface area contributed by atoms with Crippen molar-refractivity contribution >= 4 is 22.4 Å². The number of ether oxygens (including phenoxy) is 2. The highest BCUT2D eigenvalue weighted by molar-refractivity contribution is 5.93. The van der Waals surface area contributed by atoms with Gasteiger partial charge in [0.2, 0.25) is 0 Å². The number of hydrogen-bond donors (Lipinski definition) is 1. The van der Waals surface area contributed by atoms with E-state index in [1.807, 2.05) is 19.9 Å². The molecular formula is C20H18F3N3O2. The van der Waals surface area contributed by atoms with Gasteiger partial charge in [0.15, 0.2) is 29.0 Å². The fourth-order valence-corrected chi connectivity index (χ4v) is 2.48. The molecule has 0 spiro atoms. The molecule has 0 unspecified atom stereocenters. The summed E-state index contributed by atoms with van der Waals surface area (Å²) in [5, 5.41) is 3.18. The summed E-state index contributed by atoms with van der Waals surface area (Å²) in [6.45, 7) is 4.24. The Kier molecular flexibility index (Phi) is 5.67. The van der Waals surface area contributed by atoms with Crippen LogP contribution in [0.1, 0.15) is 13.8 Å². The number of nitrogens with zero attached hydrogens (tertiary/aromatic N) is 2. The van der Waals surface area contributed by atoms with Crippen molar-refractivity contribution in [1.82, 2.24) is 9.97 Å². The Balaban J connectivity index is 2.03. The van der Waals surface area contributed by atoms with Gasteiger partial charge in [-0.05, 0) is 38.1 Å². The number of allylic oxidation sites excluding steroid dienone is 1. The molecule has 0 saturated carbocycles. The van der Waals surface area contributed by atoms with E-state index in [1.54, 1.807) is 12.1 Å². The molecule has 28 heavy (non-hydrogen) atoms. The molecule has 0 atom stereocenters. The molecule has 0 aliphatic heterocycles. The summed E-state index contributed by atoms with van der Waals surface area (Å²) in [6, 6.07) is 5.23. The van der Waals surface area contributed by atoms with Crippen LogP contribution in [-0.2, 0) is 0 Å². The molecule has 0 amide bonds. The first-order valence-corrected chi connectivity index (χ1v) is 8.40. The molecule has 0 aliphatic rings. The highest BCUT2D eigenvalue weighted by Crippen LogP contribution is 2.35. The highest BCUT2D eigenvalue weighted by Gasteiger charge is 2.16. The Bertz CT molecular complexity index is 1050. The van der Waals surface area contributed by atoms with Crippen molar-refractivity contribution in [3.63, 3.8) is 0 Å². The van der Waals surface area contributed by atoms with Crippen molar-refractivity contribution in [1.29, 1.82) is 0 Å². The van der Waals surface area contributed by atoms with Crippen LogP contribution < -0.4 is 14.8 Å². The lowest BCUT2D eigenvalue weighted by Gasteiger charge is -2.13. The van der Waals surface area contributed by atoms with Crippen LogP contribution in [0.15, 0.2) is 42.2 Å². The van der Waals surface area contributed by atoms with E-state index in [4.69, 9.17) is 9.47 Å². The number of rotatable bonds is 6. The molecule has 2 aromatic carbocycles. The van der Waals surface area contributed by atoms with Crippen molar-refractivity contribution in [3.05, 3.63) is 59.7 Å². The van der Waals surface area contributed by atoms with E-state index in [1.165, 1.54) is 13.4 Å². The third kappa shape index (κ3) is 4.00. The normalized spacial score (nSPS) is 10.6. The first-order chi connectivity index (χ1) is 13.4. The number of hydrogen-bond acceptors (Lipinski definition) is 5. The van der Waals surface area contributed by atoms with Gasteiger partial charge in [-0.15, -0.1) is 0 Å². The molecule has 0 fully saturated rings. The third-order valence-electron chi connectivity index (χ3n) is 3.94. The molecule has 1 N–H and O–H groups in total. The second kappa shape index (κ2) is 8.16. The molecule has 0 aliphatic carbocycles. The van der Waals surface area contributed by atoms with Gasteiger partial charge in [0.25, 0.3) is 0 Å². The summed E-state index contributed by atoms with van der Waals surface area (Å²) in [6.07, 6.45) is 3.17. The predicted molar refractivity (Wildman–Crippen MR) is 101 cm³/mol. The first kappa shape index (κ1) is 19.5. The Morgan fingerprint density at radius 2 is 1.86 bits per heavy atom. The molecule has 0 saturated heterocycles. The fourth-order valence-electron chi connectivity index (χ4n) is 2.48. The van der Waals surface area contributed by atoms with Gasteiger partial charge in [0.05, 0.1) is 18.3 Å². The van der Waals surface area contributed by atoms with E-state index in [2.05, 4.69) is 15.3 Å². The van der Waals surface area contributed by atoms with E-state index in [-0.39, 0.29) is 11.5 Å². The Hall–Kier alpha value is -3.29. The van der Waals surface area contributed by atoms with Crippen molar-refractivity contribution in [2.45, 2.75) is 13.8 Å². The number of nitrogens with one attached hydrogen (secondary N) is 1. The SMILES string of the molecule is COc1cc2ncnc(Nc3ccc(F)c(F)c3F)c2cc1OCC=C(C)C. The van der Waals surface area contributed by atoms with Gasteiger partial charge < -0.3 is 14.8 Å². The summed E-state index contributed by atoms with van der Waals surface area (Å²) >= 11 is 0. The first-order valence-electron chi connectivity index (χ1n) is 8.40. The van der Waals surface area contributed by atoms with E-state index >= 15 is 0 Å². The van der Waals surface area contributed by atoms with E-state index in [0.29, 0.717) is 29.0 Å². The summed E-state index contributed by atoms with van der Waals surface area (Å²) in [7, 11) is 1.51. The van der Waals surface area contributed by atoms with Crippen LogP contribution in [0.2, 0.25) is 0 Å². The highest BCUT2D eigenvalue weighted by atomic mass is 19.2. The van der Waals surface area contributed by atoms with Gasteiger partial charge >= 0.3 is 0 Å². The summed E-state index contributed by atoms with van der Waals surface area (Å²) < 4.78 is 51.8. The van der Waals surface area contributed by atoms with Crippen LogP contribution in [0.3, 0.4) is 0 Å². The summed E-state index contributed by atoms with van der Waals surface area (Å²) in [5.41, 5.74) is 1.35. The lowest BCUT2D eigenvalue weighted by atomic mass is 10.2. The van der Waals surface area contributed by atoms with Gasteiger partial charge in [-0.25, -0.2) is 23.1 Å². The molecule has 3 rings (SSSR count). The van der Waals surface area contributed by atoms with Crippen molar-refractivity contribution < 1.29 is 22.6 Å². The van der Waals surface area contributed by atoms with Gasteiger partial charge in [0.1, 0.15) is 18.8 Å². The van der Waals surface area contributed by atoms with Gasteiger partial charge in [0, 0.05) is 11.5 Å². The molecule has 0 radical (unpaired) electrons. The molecule has 146 valence electrons. The van der Waals surface area contributed by atoms with Gasteiger partial charge in [-0.3, -0.25) is 0 Å². The minimum Gasteiger partial charge on any atom is -0.493 e. The maximum absolute atomic E-state index is 14.0. The molecule has 1 aromatic heterocycles. The van der Waals surface area contributed by atoms with E-state index in [9.17, 15) is 13.2 Å². The van der Waals surface area contributed by atoms with Crippen LogP contribution in [0.25, 0.3) is 10.9 Å². The fraction of sp³-hybridized carbons (Fsp3) is 0.200. The zero-order valence-electron chi connectivity index (χ0n) is 15.5. The lowest BCUT2D eigenvalue weighted by Crippen LogP contribution is -2.02. The average molecular weight is 389 g/mol. The lowest BCUT2D eigenvalue weighted by molar-refractivity contribution is 0.326. The zero-order valence-corrected chi connectivity index (χ0v) is 15.5. The molecule has 0 bridgehead atoms. The minimum absolute atomic E-state index is 0.213. The Morgan fingerprint density at radius 1 is 1.07 bits per heavy atom. The predicted octanol–water partition coefficient (Wildman–Crippen LogP) is 5.14. The van der Waals surface area contributed by atoms with Crippen molar-refractivity contribution in [2.24, 2.45) is 0 Å². The second-order valence-corrected chi connectivity index (χ2v) is 6.18. The number of halogens is 3. The largest absolute Gasteiger partial charge is 0.493 e. The second-order valence-electron chi connectivity index (χ2n) is 6.18. The Morgan fingerprint density at radius 3 is 2.57 bits per heavy atom. The molecular weight excluding hydrogens is 371 g/mol.